The topological polar surface area (TPSA) is 51.2 Å². The van der Waals surface area contributed by atoms with Gasteiger partial charge in [-0.3, -0.25) is 9.78 Å². The molecule has 0 aliphatic rings. The fourth-order valence-corrected chi connectivity index (χ4v) is 2.15. The maximum Gasteiger partial charge on any atom is 0.255 e. The average molecular weight is 322 g/mol. The van der Waals surface area contributed by atoms with E-state index in [2.05, 4.69) is 10.3 Å². The maximum atomic E-state index is 13.9. The van der Waals surface area contributed by atoms with Gasteiger partial charge in [0.15, 0.2) is 0 Å². The third-order valence-electron chi connectivity index (χ3n) is 3.37. The lowest BCUT2D eigenvalue weighted by molar-refractivity contribution is 0.102. The van der Waals surface area contributed by atoms with Gasteiger partial charge in [0.2, 0.25) is 0 Å². The van der Waals surface area contributed by atoms with Gasteiger partial charge in [-0.05, 0) is 42.5 Å². The Balaban J connectivity index is 1.70. The van der Waals surface area contributed by atoms with Crippen molar-refractivity contribution in [2.75, 3.05) is 5.32 Å². The average Bonchev–Trinajstić information content (AvgIpc) is 2.63. The fourth-order valence-electron chi connectivity index (χ4n) is 2.15. The van der Waals surface area contributed by atoms with Gasteiger partial charge < -0.3 is 10.1 Å². The molecule has 0 spiro atoms. The molecule has 0 saturated heterocycles. The molecule has 1 heterocycles. The first-order valence-electron chi connectivity index (χ1n) is 7.40. The van der Waals surface area contributed by atoms with Crippen molar-refractivity contribution in [1.29, 1.82) is 0 Å². The molecule has 0 aliphatic heterocycles. The Kier molecular flexibility index (Phi) is 4.81. The number of amides is 1. The van der Waals surface area contributed by atoms with Crippen molar-refractivity contribution in [1.82, 2.24) is 4.98 Å². The predicted octanol–water partition coefficient (Wildman–Crippen LogP) is 4.05. The molecule has 1 N–H and O–H groups in total. The normalized spacial score (nSPS) is 10.2. The lowest BCUT2D eigenvalue weighted by Gasteiger charge is -2.10. The van der Waals surface area contributed by atoms with Crippen molar-refractivity contribution in [3.05, 3.63) is 90.0 Å². The summed E-state index contributed by atoms with van der Waals surface area (Å²) in [6, 6.07) is 16.7. The lowest BCUT2D eigenvalue weighted by atomic mass is 10.1. The van der Waals surface area contributed by atoms with Crippen LogP contribution in [0.25, 0.3) is 0 Å². The van der Waals surface area contributed by atoms with Crippen molar-refractivity contribution in [2.45, 2.75) is 6.61 Å². The number of hydrogen-bond donors (Lipinski definition) is 1. The van der Waals surface area contributed by atoms with Crippen molar-refractivity contribution < 1.29 is 13.9 Å². The van der Waals surface area contributed by atoms with E-state index in [1.807, 2.05) is 6.07 Å². The molecular weight excluding hydrogens is 307 g/mol. The van der Waals surface area contributed by atoms with E-state index < -0.39 is 5.82 Å². The molecule has 2 aromatic carbocycles. The molecule has 0 fully saturated rings. The minimum atomic E-state index is -0.392. The van der Waals surface area contributed by atoms with E-state index in [0.717, 1.165) is 0 Å². The van der Waals surface area contributed by atoms with Crippen LogP contribution in [0.5, 0.6) is 5.75 Å². The molecule has 5 heteroatoms. The molecule has 1 amide bonds. The number of aromatic nitrogens is 1. The van der Waals surface area contributed by atoms with Crippen LogP contribution < -0.4 is 10.1 Å². The molecule has 0 radical (unpaired) electrons. The minimum Gasteiger partial charge on any atom is -0.487 e. The smallest absolute Gasteiger partial charge is 0.255 e. The van der Waals surface area contributed by atoms with E-state index in [1.165, 1.54) is 12.1 Å². The number of pyridine rings is 1. The summed E-state index contributed by atoms with van der Waals surface area (Å²) < 4.78 is 19.4. The molecule has 0 unspecified atom stereocenters. The molecule has 3 aromatic rings. The summed E-state index contributed by atoms with van der Waals surface area (Å²) in [6.45, 7) is 0.0482. The third-order valence-corrected chi connectivity index (χ3v) is 3.37. The Morgan fingerprint density at radius 1 is 1.08 bits per heavy atom. The molecule has 0 atom stereocenters. The summed E-state index contributed by atoms with van der Waals surface area (Å²) in [7, 11) is 0. The van der Waals surface area contributed by atoms with Crippen LogP contribution in [-0.4, -0.2) is 10.9 Å². The van der Waals surface area contributed by atoms with Crippen molar-refractivity contribution in [2.24, 2.45) is 0 Å². The van der Waals surface area contributed by atoms with Gasteiger partial charge in [0.25, 0.3) is 5.91 Å². The van der Waals surface area contributed by atoms with Gasteiger partial charge in [0.05, 0.1) is 6.20 Å². The van der Waals surface area contributed by atoms with Crippen LogP contribution >= 0.6 is 0 Å². The maximum absolute atomic E-state index is 13.9. The number of halogens is 1. The summed E-state index contributed by atoms with van der Waals surface area (Å²) >= 11 is 0. The zero-order valence-electron chi connectivity index (χ0n) is 12.8. The Morgan fingerprint density at radius 2 is 1.92 bits per heavy atom. The van der Waals surface area contributed by atoms with E-state index in [1.54, 1.807) is 54.9 Å². The monoisotopic (exact) mass is 322 g/mol. The fraction of sp³-hybridized carbons (Fsp3) is 0.0526. The highest BCUT2D eigenvalue weighted by molar-refractivity contribution is 6.04. The third kappa shape index (κ3) is 3.95. The minimum absolute atomic E-state index is 0.0482. The van der Waals surface area contributed by atoms with Crippen LogP contribution in [0.2, 0.25) is 0 Å². The van der Waals surface area contributed by atoms with Crippen LogP contribution in [0, 0.1) is 5.82 Å². The summed E-state index contributed by atoms with van der Waals surface area (Å²) in [6.07, 6.45) is 3.19. The standard InChI is InChI=1S/C19H15FN2O2/c20-18-9-8-16(22-19(23)14-5-2-1-3-6-14)11-15(18)13-24-17-7-4-10-21-12-17/h1-12H,13H2,(H,22,23). The van der Waals surface area contributed by atoms with E-state index in [9.17, 15) is 9.18 Å². The number of benzene rings is 2. The molecule has 0 aliphatic carbocycles. The first kappa shape index (κ1) is 15.7. The Bertz CT molecular complexity index is 823. The Morgan fingerprint density at radius 3 is 2.67 bits per heavy atom. The number of hydrogen-bond acceptors (Lipinski definition) is 3. The van der Waals surface area contributed by atoms with Crippen LogP contribution in [0.3, 0.4) is 0 Å². The molecule has 120 valence electrons. The van der Waals surface area contributed by atoms with Gasteiger partial charge in [0, 0.05) is 23.0 Å². The lowest BCUT2D eigenvalue weighted by Crippen LogP contribution is -2.12. The van der Waals surface area contributed by atoms with Crippen molar-refractivity contribution in [3.8, 4) is 5.75 Å². The van der Waals surface area contributed by atoms with Crippen LogP contribution in [-0.2, 0) is 6.61 Å². The number of carbonyl (C=O) groups excluding carboxylic acids is 1. The van der Waals surface area contributed by atoms with E-state index in [4.69, 9.17) is 4.74 Å². The van der Waals surface area contributed by atoms with Gasteiger partial charge in [-0.15, -0.1) is 0 Å². The first-order valence-corrected chi connectivity index (χ1v) is 7.40. The predicted molar refractivity (Wildman–Crippen MR) is 89.4 cm³/mol. The van der Waals surface area contributed by atoms with Crippen LogP contribution in [0.4, 0.5) is 10.1 Å². The van der Waals surface area contributed by atoms with E-state index >= 15 is 0 Å². The number of ether oxygens (including phenoxy) is 1. The molecular formula is C19H15FN2O2. The quantitative estimate of drug-likeness (QED) is 0.771. The van der Waals surface area contributed by atoms with E-state index in [0.29, 0.717) is 22.6 Å². The highest BCUT2D eigenvalue weighted by atomic mass is 19.1. The van der Waals surface area contributed by atoms with Gasteiger partial charge in [-0.1, -0.05) is 18.2 Å². The van der Waals surface area contributed by atoms with Gasteiger partial charge in [-0.2, -0.15) is 0 Å². The number of rotatable bonds is 5. The van der Waals surface area contributed by atoms with Crippen molar-refractivity contribution in [3.63, 3.8) is 0 Å². The van der Waals surface area contributed by atoms with Crippen LogP contribution in [0.1, 0.15) is 15.9 Å². The molecule has 1 aromatic heterocycles. The Labute approximate surface area is 138 Å². The molecule has 0 saturated carbocycles. The van der Waals surface area contributed by atoms with Gasteiger partial charge >= 0.3 is 0 Å². The highest BCUT2D eigenvalue weighted by Gasteiger charge is 2.09. The van der Waals surface area contributed by atoms with Gasteiger partial charge in [-0.25, -0.2) is 4.39 Å². The largest absolute Gasteiger partial charge is 0.487 e. The second kappa shape index (κ2) is 7.37. The van der Waals surface area contributed by atoms with Gasteiger partial charge in [0.1, 0.15) is 18.2 Å². The number of anilines is 1. The summed E-state index contributed by atoms with van der Waals surface area (Å²) in [5.74, 6) is -0.0893. The number of nitrogens with zero attached hydrogens (tertiary/aromatic N) is 1. The van der Waals surface area contributed by atoms with Crippen molar-refractivity contribution >= 4 is 11.6 Å². The number of nitrogens with one attached hydrogen (secondary N) is 1. The molecule has 3 rings (SSSR count). The second-order valence-corrected chi connectivity index (χ2v) is 5.10. The first-order chi connectivity index (χ1) is 11.7. The zero-order chi connectivity index (χ0) is 16.8. The van der Waals surface area contributed by atoms with E-state index in [-0.39, 0.29) is 12.5 Å². The van der Waals surface area contributed by atoms with Crippen LogP contribution in [0.15, 0.2) is 73.1 Å². The highest BCUT2D eigenvalue weighted by Crippen LogP contribution is 2.18. The molecule has 24 heavy (non-hydrogen) atoms. The summed E-state index contributed by atoms with van der Waals surface area (Å²) in [5, 5.41) is 2.75. The SMILES string of the molecule is O=C(Nc1ccc(F)c(COc2cccnc2)c1)c1ccccc1. The second-order valence-electron chi connectivity index (χ2n) is 5.10. The molecule has 4 nitrogen and oxygen atoms in total. The Hall–Kier alpha value is -3.21. The molecule has 0 bridgehead atoms. The number of carbonyl (C=O) groups is 1. The summed E-state index contributed by atoms with van der Waals surface area (Å²) in [5.41, 5.74) is 1.40. The zero-order valence-corrected chi connectivity index (χ0v) is 12.8. The summed E-state index contributed by atoms with van der Waals surface area (Å²) in [4.78, 5) is 16.1.